The van der Waals surface area contributed by atoms with Gasteiger partial charge in [0.25, 0.3) is 5.91 Å². The predicted octanol–water partition coefficient (Wildman–Crippen LogP) is 5.40. The van der Waals surface area contributed by atoms with Crippen LogP contribution in [0.1, 0.15) is 48.5 Å². The van der Waals surface area contributed by atoms with E-state index >= 15 is 0 Å². The first-order valence-electron chi connectivity index (χ1n) is 8.97. The zero-order chi connectivity index (χ0) is 19.6. The van der Waals surface area contributed by atoms with Gasteiger partial charge in [0.05, 0.1) is 5.69 Å². The number of carbonyl (C=O) groups is 2. The minimum atomic E-state index is -0.213. The first-order chi connectivity index (χ1) is 12.9. The van der Waals surface area contributed by atoms with Crippen LogP contribution >= 0.6 is 0 Å². The van der Waals surface area contributed by atoms with Crippen LogP contribution in [0.5, 0.6) is 0 Å². The molecular formula is C24H23NO2. The van der Waals surface area contributed by atoms with Gasteiger partial charge in [-0.15, -0.1) is 0 Å². The summed E-state index contributed by atoms with van der Waals surface area (Å²) in [6, 6.07) is 18.6. The molecule has 0 bridgehead atoms. The molecule has 3 heteroatoms. The van der Waals surface area contributed by atoms with Gasteiger partial charge in [-0.3, -0.25) is 9.59 Å². The predicted molar refractivity (Wildman–Crippen MR) is 110 cm³/mol. The topological polar surface area (TPSA) is 46.2 Å². The number of hydrogen-bond donors (Lipinski definition) is 1. The van der Waals surface area contributed by atoms with E-state index in [1.165, 1.54) is 0 Å². The molecule has 1 amide bonds. The van der Waals surface area contributed by atoms with Crippen LogP contribution in [-0.4, -0.2) is 11.7 Å². The van der Waals surface area contributed by atoms with E-state index in [0.717, 1.165) is 22.3 Å². The van der Waals surface area contributed by atoms with E-state index in [0.29, 0.717) is 22.4 Å². The molecule has 0 spiro atoms. The molecule has 27 heavy (non-hydrogen) atoms. The highest BCUT2D eigenvalue weighted by Crippen LogP contribution is 2.26. The highest BCUT2D eigenvalue weighted by atomic mass is 16.2. The van der Waals surface area contributed by atoms with Crippen LogP contribution in [0.3, 0.4) is 0 Å². The molecule has 0 heterocycles. The summed E-state index contributed by atoms with van der Waals surface area (Å²) in [6.45, 7) is 7.76. The van der Waals surface area contributed by atoms with Crippen LogP contribution in [-0.2, 0) is 0 Å². The summed E-state index contributed by atoms with van der Waals surface area (Å²) in [5, 5.41) is 2.95. The number of anilines is 1. The van der Waals surface area contributed by atoms with Gasteiger partial charge >= 0.3 is 0 Å². The second-order valence-electron chi connectivity index (χ2n) is 6.90. The highest BCUT2D eigenvalue weighted by molar-refractivity contribution is 6.16. The molecule has 3 rings (SSSR count). The van der Waals surface area contributed by atoms with Crippen molar-refractivity contribution < 1.29 is 9.59 Å². The fourth-order valence-corrected chi connectivity index (χ4v) is 3.10. The molecule has 0 unspecified atom stereocenters. The average Bonchev–Trinajstić information content (AvgIpc) is 2.64. The Kier molecular flexibility index (Phi) is 5.22. The van der Waals surface area contributed by atoms with Crippen molar-refractivity contribution in [2.45, 2.75) is 27.7 Å². The maximum atomic E-state index is 13.2. The van der Waals surface area contributed by atoms with Crippen molar-refractivity contribution in [1.82, 2.24) is 0 Å². The third kappa shape index (κ3) is 3.82. The minimum absolute atomic E-state index is 0.0868. The smallest absolute Gasteiger partial charge is 0.255 e. The van der Waals surface area contributed by atoms with E-state index in [-0.39, 0.29) is 11.7 Å². The van der Waals surface area contributed by atoms with Gasteiger partial charge < -0.3 is 5.32 Å². The lowest BCUT2D eigenvalue weighted by atomic mass is 9.94. The number of benzene rings is 3. The number of nitrogens with one attached hydrogen (secondary N) is 1. The summed E-state index contributed by atoms with van der Waals surface area (Å²) in [4.78, 5) is 26.0. The molecular weight excluding hydrogens is 334 g/mol. The largest absolute Gasteiger partial charge is 0.321 e. The van der Waals surface area contributed by atoms with Crippen LogP contribution < -0.4 is 5.32 Å². The van der Waals surface area contributed by atoms with Crippen molar-refractivity contribution in [2.75, 3.05) is 5.32 Å². The molecule has 0 aliphatic carbocycles. The van der Waals surface area contributed by atoms with E-state index in [1.54, 1.807) is 6.07 Å². The molecule has 0 atom stereocenters. The Hall–Kier alpha value is -3.20. The first kappa shape index (κ1) is 18.6. The van der Waals surface area contributed by atoms with Gasteiger partial charge in [-0.05, 0) is 68.1 Å². The molecule has 3 aromatic carbocycles. The van der Waals surface area contributed by atoms with E-state index in [9.17, 15) is 9.59 Å². The number of hydrogen-bond acceptors (Lipinski definition) is 2. The molecule has 0 aliphatic rings. The van der Waals surface area contributed by atoms with Crippen molar-refractivity contribution in [1.29, 1.82) is 0 Å². The van der Waals surface area contributed by atoms with Crippen LogP contribution in [0, 0.1) is 27.7 Å². The second-order valence-corrected chi connectivity index (χ2v) is 6.90. The maximum absolute atomic E-state index is 13.2. The molecule has 0 radical (unpaired) electrons. The Morgan fingerprint density at radius 2 is 1.15 bits per heavy atom. The van der Waals surface area contributed by atoms with Gasteiger partial charge in [0.2, 0.25) is 0 Å². The molecule has 0 fully saturated rings. The normalized spacial score (nSPS) is 10.5. The summed E-state index contributed by atoms with van der Waals surface area (Å²) < 4.78 is 0. The van der Waals surface area contributed by atoms with Gasteiger partial charge in [-0.2, -0.15) is 0 Å². The van der Waals surface area contributed by atoms with Gasteiger partial charge in [0.1, 0.15) is 0 Å². The number of rotatable bonds is 4. The molecule has 0 aliphatic heterocycles. The summed E-state index contributed by atoms with van der Waals surface area (Å²) in [5.41, 5.74) is 6.14. The molecule has 3 nitrogen and oxygen atoms in total. The van der Waals surface area contributed by atoms with Crippen molar-refractivity contribution in [2.24, 2.45) is 0 Å². The number of carbonyl (C=O) groups excluding carboxylic acids is 2. The molecule has 0 saturated carbocycles. The van der Waals surface area contributed by atoms with Gasteiger partial charge in [0, 0.05) is 16.7 Å². The Morgan fingerprint density at radius 3 is 1.74 bits per heavy atom. The van der Waals surface area contributed by atoms with Gasteiger partial charge in [-0.25, -0.2) is 0 Å². The molecule has 1 N–H and O–H groups in total. The van der Waals surface area contributed by atoms with Crippen molar-refractivity contribution in [3.05, 3.63) is 99.6 Å². The van der Waals surface area contributed by atoms with Gasteiger partial charge in [0.15, 0.2) is 5.78 Å². The van der Waals surface area contributed by atoms with Crippen LogP contribution in [0.15, 0.2) is 60.7 Å². The fourth-order valence-electron chi connectivity index (χ4n) is 3.10. The summed E-state index contributed by atoms with van der Waals surface area (Å²) in [5.74, 6) is -0.300. The molecule has 3 aromatic rings. The Morgan fingerprint density at radius 1 is 0.630 bits per heavy atom. The second kappa shape index (κ2) is 7.58. The number of ketones is 1. The van der Waals surface area contributed by atoms with Crippen LogP contribution in [0.2, 0.25) is 0 Å². The first-order valence-corrected chi connectivity index (χ1v) is 8.97. The fraction of sp³-hybridized carbons (Fsp3) is 0.167. The lowest BCUT2D eigenvalue weighted by Crippen LogP contribution is -2.17. The monoisotopic (exact) mass is 357 g/mol. The standard InChI is InChI=1S/C24H23NO2/c1-15-9-5-7-11-19(15)23(26)21-13-17(3)18(4)14-22(21)25-24(27)20-12-8-6-10-16(20)2/h5-14H,1-4H3,(H,25,27). The zero-order valence-corrected chi connectivity index (χ0v) is 16.1. The molecule has 136 valence electrons. The Balaban J connectivity index is 2.04. The lowest BCUT2D eigenvalue weighted by Gasteiger charge is -2.15. The van der Waals surface area contributed by atoms with Crippen molar-refractivity contribution >= 4 is 17.4 Å². The zero-order valence-electron chi connectivity index (χ0n) is 16.1. The summed E-state index contributed by atoms with van der Waals surface area (Å²) in [7, 11) is 0. The summed E-state index contributed by atoms with van der Waals surface area (Å²) in [6.07, 6.45) is 0. The summed E-state index contributed by atoms with van der Waals surface area (Å²) >= 11 is 0. The highest BCUT2D eigenvalue weighted by Gasteiger charge is 2.19. The quantitative estimate of drug-likeness (QED) is 0.635. The van der Waals surface area contributed by atoms with Crippen LogP contribution in [0.25, 0.3) is 0 Å². The molecule has 0 saturated heterocycles. The van der Waals surface area contributed by atoms with Crippen molar-refractivity contribution in [3.8, 4) is 0 Å². The average molecular weight is 357 g/mol. The lowest BCUT2D eigenvalue weighted by molar-refractivity contribution is 0.102. The number of aryl methyl sites for hydroxylation is 4. The van der Waals surface area contributed by atoms with E-state index in [4.69, 9.17) is 0 Å². The van der Waals surface area contributed by atoms with E-state index < -0.39 is 0 Å². The molecule has 0 aromatic heterocycles. The third-order valence-electron chi connectivity index (χ3n) is 4.91. The number of amides is 1. The Labute approximate surface area is 160 Å². The van der Waals surface area contributed by atoms with E-state index in [1.807, 2.05) is 82.3 Å². The Bertz CT molecular complexity index is 1030. The maximum Gasteiger partial charge on any atom is 0.255 e. The van der Waals surface area contributed by atoms with E-state index in [2.05, 4.69) is 5.32 Å². The van der Waals surface area contributed by atoms with Crippen LogP contribution in [0.4, 0.5) is 5.69 Å². The van der Waals surface area contributed by atoms with Crippen molar-refractivity contribution in [3.63, 3.8) is 0 Å². The SMILES string of the molecule is Cc1cc(NC(=O)c2ccccc2C)c(C(=O)c2ccccc2C)cc1C. The third-order valence-corrected chi connectivity index (χ3v) is 4.91. The van der Waals surface area contributed by atoms with Gasteiger partial charge in [-0.1, -0.05) is 42.5 Å². The minimum Gasteiger partial charge on any atom is -0.321 e.